The number of hydrogen-bond acceptors (Lipinski definition) is 10. The molecule has 0 bridgehead atoms. The smallest absolute Gasteiger partial charge is 0.313 e. The third kappa shape index (κ3) is 17.5. The predicted octanol–water partition coefficient (Wildman–Crippen LogP) is 2.78. The van der Waals surface area contributed by atoms with Crippen LogP contribution in [-0.4, -0.2) is 118 Å². The van der Waals surface area contributed by atoms with E-state index in [2.05, 4.69) is 4.74 Å². The molecular weight excluding hydrogens is 574 g/mol. The molecule has 1 rings (SSSR count). The van der Waals surface area contributed by atoms with E-state index in [1.165, 1.54) is 0 Å². The molecule has 1 aromatic carbocycles. The summed E-state index contributed by atoms with van der Waals surface area (Å²) in [7, 11) is 0. The van der Waals surface area contributed by atoms with Gasteiger partial charge in [0.05, 0.1) is 112 Å². The average molecular weight is 611 g/mol. The van der Waals surface area contributed by atoms with Gasteiger partial charge in [0.15, 0.2) is 0 Å². The number of ether oxygens (including phenoxy) is 9. The minimum atomic E-state index is -2.35. The Morgan fingerprint density at radius 2 is 0.683 bits per heavy atom. The second-order valence-corrected chi connectivity index (χ2v) is 7.71. The van der Waals surface area contributed by atoms with Crippen molar-refractivity contribution in [2.45, 2.75) is 6.42 Å². The molecule has 0 aliphatic carbocycles. The maximum absolute atomic E-state index is 13.5. The fourth-order valence-corrected chi connectivity index (χ4v) is 2.69. The Balaban J connectivity index is 1.83. The Labute approximate surface area is 234 Å². The Hall–Kier alpha value is -2.05. The molecule has 1 aromatic rings. The van der Waals surface area contributed by atoms with E-state index in [0.717, 1.165) is 0 Å². The first kappa shape index (κ1) is 37.0. The minimum Gasteiger partial charge on any atom is -0.420 e. The van der Waals surface area contributed by atoms with Gasteiger partial charge in [-0.25, -0.2) is 17.6 Å². The van der Waals surface area contributed by atoms with Gasteiger partial charge in [-0.3, -0.25) is 4.79 Å². The van der Waals surface area contributed by atoms with Crippen LogP contribution in [0.3, 0.4) is 0 Å². The molecule has 0 atom stereocenters. The molecule has 0 unspecified atom stereocenters. The van der Waals surface area contributed by atoms with Crippen molar-refractivity contribution in [1.82, 2.24) is 0 Å². The topological polar surface area (TPSA) is 100 Å². The molecule has 0 aromatic heterocycles. The highest BCUT2D eigenvalue weighted by Gasteiger charge is 2.28. The number of carbonyl (C=O) groups is 1. The highest BCUT2D eigenvalue weighted by Crippen LogP contribution is 2.29. The van der Waals surface area contributed by atoms with E-state index in [9.17, 15) is 31.1 Å². The minimum absolute atomic E-state index is 0.0781. The molecular formula is C25H36F6O10. The zero-order chi connectivity index (χ0) is 30.1. The zero-order valence-corrected chi connectivity index (χ0v) is 22.6. The van der Waals surface area contributed by atoms with Gasteiger partial charge in [-0.1, -0.05) is 0 Å². The Bertz CT molecular complexity index is 808. The third-order valence-corrected chi connectivity index (χ3v) is 4.66. The number of esters is 1. The first-order chi connectivity index (χ1) is 19.9. The fourth-order valence-electron chi connectivity index (χ4n) is 2.69. The van der Waals surface area contributed by atoms with E-state index in [0.29, 0.717) is 72.7 Å². The molecule has 16 heteroatoms. The molecule has 0 fully saturated rings. The van der Waals surface area contributed by atoms with Crippen LogP contribution < -0.4 is 4.74 Å². The lowest BCUT2D eigenvalue weighted by atomic mass is 10.2. The Morgan fingerprint density at radius 1 is 0.415 bits per heavy atom. The number of alkyl halides is 1. The van der Waals surface area contributed by atoms with Gasteiger partial charge in [0.25, 0.3) is 0 Å². The van der Waals surface area contributed by atoms with E-state index in [1.807, 2.05) is 0 Å². The van der Waals surface area contributed by atoms with Gasteiger partial charge in [0.2, 0.25) is 34.8 Å². The van der Waals surface area contributed by atoms with Crippen molar-refractivity contribution < 1.29 is 73.8 Å². The van der Waals surface area contributed by atoms with E-state index < -0.39 is 53.9 Å². The van der Waals surface area contributed by atoms with E-state index in [4.69, 9.17) is 37.9 Å². The van der Waals surface area contributed by atoms with Crippen LogP contribution in [0.5, 0.6) is 5.75 Å². The molecule has 0 N–H and O–H groups in total. The summed E-state index contributed by atoms with van der Waals surface area (Å²) in [6.45, 7) is 4.12. The molecule has 0 saturated carbocycles. The van der Waals surface area contributed by atoms with Gasteiger partial charge in [-0.15, -0.1) is 0 Å². The molecule has 0 saturated heterocycles. The average Bonchev–Trinajstić information content (AvgIpc) is 2.97. The lowest BCUT2D eigenvalue weighted by Gasteiger charge is -2.09. The van der Waals surface area contributed by atoms with Gasteiger partial charge in [0.1, 0.15) is 6.67 Å². The van der Waals surface area contributed by atoms with E-state index in [-0.39, 0.29) is 33.0 Å². The van der Waals surface area contributed by atoms with Crippen molar-refractivity contribution >= 4 is 5.97 Å². The summed E-state index contributed by atoms with van der Waals surface area (Å²) >= 11 is 0. The molecule has 0 aliphatic heterocycles. The summed E-state index contributed by atoms with van der Waals surface area (Å²) in [5.41, 5.74) is 0. The fraction of sp³-hybridized carbons (Fsp3) is 0.720. The molecule has 10 nitrogen and oxygen atoms in total. The molecule has 41 heavy (non-hydrogen) atoms. The first-order valence-corrected chi connectivity index (χ1v) is 12.8. The van der Waals surface area contributed by atoms with Crippen molar-refractivity contribution in [3.05, 3.63) is 29.1 Å². The number of rotatable bonds is 27. The van der Waals surface area contributed by atoms with Crippen LogP contribution in [0.4, 0.5) is 26.3 Å². The van der Waals surface area contributed by atoms with Crippen molar-refractivity contribution in [2.24, 2.45) is 0 Å². The molecule has 0 spiro atoms. The SMILES string of the molecule is O=C(CCOCCOCCOCCOCCOCCOCCOCCOCCF)Oc1c(F)c(F)c(F)c(F)c1F. The van der Waals surface area contributed by atoms with E-state index in [1.54, 1.807) is 0 Å². The van der Waals surface area contributed by atoms with Crippen LogP contribution in [0.15, 0.2) is 0 Å². The molecule has 0 radical (unpaired) electrons. The summed E-state index contributed by atoms with van der Waals surface area (Å²) < 4.78 is 124. The maximum atomic E-state index is 13.5. The largest absolute Gasteiger partial charge is 0.420 e. The molecule has 238 valence electrons. The monoisotopic (exact) mass is 610 g/mol. The number of hydrogen-bond donors (Lipinski definition) is 0. The van der Waals surface area contributed by atoms with Crippen molar-refractivity contribution in [2.75, 3.05) is 112 Å². The van der Waals surface area contributed by atoms with Gasteiger partial charge < -0.3 is 42.6 Å². The predicted molar refractivity (Wildman–Crippen MR) is 129 cm³/mol. The van der Waals surface area contributed by atoms with Crippen LogP contribution in [-0.2, 0) is 42.7 Å². The van der Waals surface area contributed by atoms with E-state index >= 15 is 0 Å². The van der Waals surface area contributed by atoms with Crippen molar-refractivity contribution in [3.63, 3.8) is 0 Å². The van der Waals surface area contributed by atoms with Crippen LogP contribution in [0.1, 0.15) is 6.42 Å². The number of carbonyl (C=O) groups excluding carboxylic acids is 1. The molecule has 0 aliphatic rings. The zero-order valence-electron chi connectivity index (χ0n) is 22.6. The van der Waals surface area contributed by atoms with Gasteiger partial charge >= 0.3 is 5.97 Å². The standard InChI is InChI=1S/C25H36F6O10/c26-2-4-34-6-8-36-10-12-38-14-16-40-18-17-39-15-13-37-11-9-35-7-5-33-3-1-19(32)41-25-23(30)21(28)20(27)22(29)24(25)31/h1-18H2. The van der Waals surface area contributed by atoms with Gasteiger partial charge in [0, 0.05) is 0 Å². The summed E-state index contributed by atoms with van der Waals surface area (Å²) in [6.07, 6.45) is -0.488. The second kappa shape index (κ2) is 24.5. The normalized spacial score (nSPS) is 11.4. The lowest BCUT2D eigenvalue weighted by molar-refractivity contribution is -0.136. The Kier molecular flexibility index (Phi) is 22.1. The first-order valence-electron chi connectivity index (χ1n) is 12.8. The summed E-state index contributed by atoms with van der Waals surface area (Å²) in [5, 5.41) is 0. The molecule has 0 heterocycles. The summed E-state index contributed by atoms with van der Waals surface area (Å²) in [6, 6.07) is 0. The lowest BCUT2D eigenvalue weighted by Crippen LogP contribution is -2.16. The van der Waals surface area contributed by atoms with Crippen molar-refractivity contribution in [1.29, 1.82) is 0 Å². The van der Waals surface area contributed by atoms with Crippen molar-refractivity contribution in [3.8, 4) is 5.75 Å². The second-order valence-electron chi connectivity index (χ2n) is 7.71. The third-order valence-electron chi connectivity index (χ3n) is 4.66. The maximum Gasteiger partial charge on any atom is 0.313 e. The van der Waals surface area contributed by atoms with Crippen LogP contribution in [0.25, 0.3) is 0 Å². The van der Waals surface area contributed by atoms with Gasteiger partial charge in [-0.2, -0.15) is 8.78 Å². The van der Waals surface area contributed by atoms with Crippen LogP contribution in [0.2, 0.25) is 0 Å². The summed E-state index contributed by atoms with van der Waals surface area (Å²) in [5.74, 6) is -14.1. The highest BCUT2D eigenvalue weighted by atomic mass is 19.2. The quantitative estimate of drug-likeness (QED) is 0.0369. The number of halogens is 6. The number of benzene rings is 1. The Morgan fingerprint density at radius 3 is 1.00 bits per heavy atom. The highest BCUT2D eigenvalue weighted by molar-refractivity contribution is 5.72. The van der Waals surface area contributed by atoms with Crippen LogP contribution >= 0.6 is 0 Å². The summed E-state index contributed by atoms with van der Waals surface area (Å²) in [4.78, 5) is 11.6. The molecule has 0 amide bonds. The van der Waals surface area contributed by atoms with Gasteiger partial charge in [-0.05, 0) is 0 Å². The van der Waals surface area contributed by atoms with Crippen LogP contribution in [0, 0.1) is 29.1 Å².